The summed E-state index contributed by atoms with van der Waals surface area (Å²) in [5, 5.41) is 5.54. The standard InChI is InChI=1S/C26H28F2N4O5/c1-17(33)32(30-15-21-9-5-11-23(27)25(21)28)22(10-6-12-36-18(2)34)16-37-26(35)31-24-13-19-7-3-4-8-20(19)14-29-24/h3-5,7-9,11,13-14,22,30H,6,10,12,15-16H2,1-2H3,(H,29,31,35). The van der Waals surface area contributed by atoms with E-state index in [4.69, 9.17) is 9.47 Å². The first-order valence-electron chi connectivity index (χ1n) is 11.6. The van der Waals surface area contributed by atoms with Gasteiger partial charge in [0.25, 0.3) is 0 Å². The molecule has 1 unspecified atom stereocenters. The Labute approximate surface area is 212 Å². The van der Waals surface area contributed by atoms with Crippen molar-refractivity contribution in [2.75, 3.05) is 18.5 Å². The average Bonchev–Trinajstić information content (AvgIpc) is 2.86. The summed E-state index contributed by atoms with van der Waals surface area (Å²) in [5.74, 6) is -2.62. The highest BCUT2D eigenvalue weighted by Gasteiger charge is 2.24. The van der Waals surface area contributed by atoms with Crippen molar-refractivity contribution in [3.63, 3.8) is 0 Å². The molecule has 1 heterocycles. The fourth-order valence-corrected chi connectivity index (χ4v) is 3.64. The maximum Gasteiger partial charge on any atom is 0.412 e. The lowest BCUT2D eigenvalue weighted by molar-refractivity contribution is -0.142. The molecule has 3 rings (SSSR count). The zero-order valence-electron chi connectivity index (χ0n) is 20.5. The fraction of sp³-hybridized carbons (Fsp3) is 0.308. The van der Waals surface area contributed by atoms with Crippen LogP contribution in [0, 0.1) is 11.6 Å². The minimum absolute atomic E-state index is 0.0194. The first kappa shape index (κ1) is 27.5. The number of rotatable bonds is 11. The Kier molecular flexibility index (Phi) is 9.84. The largest absolute Gasteiger partial charge is 0.466 e. The zero-order valence-corrected chi connectivity index (χ0v) is 20.5. The summed E-state index contributed by atoms with van der Waals surface area (Å²) < 4.78 is 38.0. The molecule has 0 bridgehead atoms. The van der Waals surface area contributed by atoms with Crippen molar-refractivity contribution in [3.8, 4) is 0 Å². The van der Waals surface area contributed by atoms with Crippen molar-refractivity contribution in [2.24, 2.45) is 0 Å². The van der Waals surface area contributed by atoms with Crippen molar-refractivity contribution < 1.29 is 32.6 Å². The van der Waals surface area contributed by atoms with E-state index in [0.717, 1.165) is 16.8 Å². The van der Waals surface area contributed by atoms with E-state index >= 15 is 0 Å². The van der Waals surface area contributed by atoms with Gasteiger partial charge < -0.3 is 9.47 Å². The van der Waals surface area contributed by atoms with Crippen LogP contribution in [0.5, 0.6) is 0 Å². The third-order valence-corrected chi connectivity index (χ3v) is 5.43. The van der Waals surface area contributed by atoms with Crippen LogP contribution in [0.15, 0.2) is 54.7 Å². The normalized spacial score (nSPS) is 11.6. The monoisotopic (exact) mass is 514 g/mol. The molecule has 196 valence electrons. The number of esters is 1. The SMILES string of the molecule is CC(=O)OCCCC(COC(=O)Nc1cc2ccccc2cn1)N(NCc1cccc(F)c1F)C(C)=O. The molecule has 0 aliphatic carbocycles. The molecule has 1 atom stereocenters. The average molecular weight is 515 g/mol. The fourth-order valence-electron chi connectivity index (χ4n) is 3.64. The molecule has 0 spiro atoms. The maximum atomic E-state index is 14.1. The Morgan fingerprint density at radius 1 is 1.03 bits per heavy atom. The number of benzene rings is 2. The maximum absolute atomic E-state index is 14.1. The molecule has 0 radical (unpaired) electrons. The van der Waals surface area contributed by atoms with Gasteiger partial charge in [0, 0.05) is 37.5 Å². The third kappa shape index (κ3) is 8.21. The van der Waals surface area contributed by atoms with Gasteiger partial charge in [-0.3, -0.25) is 19.9 Å². The van der Waals surface area contributed by atoms with E-state index in [9.17, 15) is 23.2 Å². The highest BCUT2D eigenvalue weighted by molar-refractivity contribution is 5.89. The molecule has 9 nitrogen and oxygen atoms in total. The van der Waals surface area contributed by atoms with Crippen molar-refractivity contribution >= 4 is 34.6 Å². The van der Waals surface area contributed by atoms with Crippen LogP contribution < -0.4 is 10.7 Å². The summed E-state index contributed by atoms with van der Waals surface area (Å²) in [6.45, 7) is 2.26. The lowest BCUT2D eigenvalue weighted by atomic mass is 10.1. The Hall–Kier alpha value is -4.12. The van der Waals surface area contributed by atoms with Crippen LogP contribution in [0.1, 0.15) is 32.3 Å². The van der Waals surface area contributed by atoms with Gasteiger partial charge >= 0.3 is 12.1 Å². The molecule has 3 aromatic rings. The van der Waals surface area contributed by atoms with Crippen LogP contribution in [-0.2, 0) is 25.6 Å². The van der Waals surface area contributed by atoms with Gasteiger partial charge in [-0.1, -0.05) is 36.4 Å². The second kappa shape index (κ2) is 13.3. The molecule has 0 aliphatic heterocycles. The predicted molar refractivity (Wildman–Crippen MR) is 132 cm³/mol. The lowest BCUT2D eigenvalue weighted by Crippen LogP contribution is -2.50. The zero-order chi connectivity index (χ0) is 26.8. The van der Waals surface area contributed by atoms with Crippen molar-refractivity contribution in [1.82, 2.24) is 15.4 Å². The van der Waals surface area contributed by atoms with Crippen LogP contribution in [0.25, 0.3) is 10.8 Å². The first-order chi connectivity index (χ1) is 17.7. The number of nitrogens with zero attached hydrogens (tertiary/aromatic N) is 2. The molecular formula is C26H28F2N4O5. The number of fused-ring (bicyclic) bond motifs is 1. The molecule has 2 aromatic carbocycles. The number of hydrogen-bond acceptors (Lipinski definition) is 7. The van der Waals surface area contributed by atoms with Crippen LogP contribution in [-0.4, -0.2) is 47.2 Å². The Morgan fingerprint density at radius 3 is 2.51 bits per heavy atom. The van der Waals surface area contributed by atoms with Crippen molar-refractivity contribution in [2.45, 2.75) is 39.3 Å². The summed E-state index contributed by atoms with van der Waals surface area (Å²) in [5.41, 5.74) is 2.81. The molecule has 37 heavy (non-hydrogen) atoms. The van der Waals surface area contributed by atoms with E-state index in [0.29, 0.717) is 12.2 Å². The van der Waals surface area contributed by atoms with Gasteiger partial charge in [-0.15, -0.1) is 0 Å². The summed E-state index contributed by atoms with van der Waals surface area (Å²) in [6.07, 6.45) is 1.48. The second-order valence-electron chi connectivity index (χ2n) is 8.21. The number of nitrogens with one attached hydrogen (secondary N) is 2. The number of pyridine rings is 1. The van der Waals surface area contributed by atoms with Gasteiger partial charge in [0.2, 0.25) is 5.91 Å². The molecule has 1 aromatic heterocycles. The van der Waals surface area contributed by atoms with E-state index in [2.05, 4.69) is 15.7 Å². The second-order valence-corrected chi connectivity index (χ2v) is 8.21. The summed E-state index contributed by atoms with van der Waals surface area (Å²) in [7, 11) is 0. The number of aromatic nitrogens is 1. The van der Waals surface area contributed by atoms with E-state index in [-0.39, 0.29) is 31.7 Å². The number of hydrogen-bond donors (Lipinski definition) is 2. The lowest BCUT2D eigenvalue weighted by Gasteiger charge is -2.31. The van der Waals surface area contributed by atoms with Crippen molar-refractivity contribution in [3.05, 3.63) is 71.9 Å². The van der Waals surface area contributed by atoms with Crippen LogP contribution >= 0.6 is 0 Å². The number of carbonyl (C=O) groups is 3. The Bertz CT molecular complexity index is 1260. The van der Waals surface area contributed by atoms with Crippen molar-refractivity contribution in [1.29, 1.82) is 0 Å². The van der Waals surface area contributed by atoms with Gasteiger partial charge in [0.15, 0.2) is 11.6 Å². The van der Waals surface area contributed by atoms with Gasteiger partial charge in [-0.2, -0.15) is 0 Å². The molecule has 0 fully saturated rings. The highest BCUT2D eigenvalue weighted by Crippen LogP contribution is 2.17. The third-order valence-electron chi connectivity index (χ3n) is 5.43. The highest BCUT2D eigenvalue weighted by atomic mass is 19.2. The number of carbonyl (C=O) groups excluding carboxylic acids is 3. The molecule has 11 heteroatoms. The van der Waals surface area contributed by atoms with E-state index in [1.165, 1.54) is 31.0 Å². The molecule has 0 saturated carbocycles. The number of halogens is 2. The summed E-state index contributed by atoms with van der Waals surface area (Å²) in [6, 6.07) is 12.3. The summed E-state index contributed by atoms with van der Waals surface area (Å²) >= 11 is 0. The molecule has 0 saturated heterocycles. The van der Waals surface area contributed by atoms with Crippen LogP contribution in [0.4, 0.5) is 19.4 Å². The first-order valence-corrected chi connectivity index (χ1v) is 11.6. The predicted octanol–water partition coefficient (Wildman–Crippen LogP) is 4.33. The minimum atomic E-state index is -1.02. The van der Waals surface area contributed by atoms with E-state index < -0.39 is 35.6 Å². The number of hydrazine groups is 1. The quantitative estimate of drug-likeness (QED) is 0.223. The molecule has 2 amide bonds. The molecule has 0 aliphatic rings. The van der Waals surface area contributed by atoms with E-state index in [1.54, 1.807) is 12.3 Å². The van der Waals surface area contributed by atoms with Gasteiger partial charge in [0.1, 0.15) is 12.4 Å². The molecular weight excluding hydrogens is 486 g/mol. The Morgan fingerprint density at radius 2 is 1.78 bits per heavy atom. The molecule has 2 N–H and O–H groups in total. The van der Waals surface area contributed by atoms with Gasteiger partial charge in [0.05, 0.1) is 12.6 Å². The van der Waals surface area contributed by atoms with Gasteiger partial charge in [-0.05, 0) is 30.4 Å². The van der Waals surface area contributed by atoms with E-state index in [1.807, 2.05) is 24.3 Å². The summed E-state index contributed by atoms with van der Waals surface area (Å²) in [4.78, 5) is 40.1. The van der Waals surface area contributed by atoms with Gasteiger partial charge in [-0.25, -0.2) is 24.0 Å². The smallest absolute Gasteiger partial charge is 0.412 e. The van der Waals surface area contributed by atoms with Crippen LogP contribution in [0.2, 0.25) is 0 Å². The minimum Gasteiger partial charge on any atom is -0.466 e. The van der Waals surface area contributed by atoms with Crippen LogP contribution in [0.3, 0.4) is 0 Å². The topological polar surface area (TPSA) is 110 Å². The Balaban J connectivity index is 1.66. The number of anilines is 1. The number of ether oxygens (including phenoxy) is 2. The number of amides is 2.